The number of hydrogen-bond donors (Lipinski definition) is 1. The van der Waals surface area contributed by atoms with Crippen LogP contribution in [0.25, 0.3) is 0 Å². The first kappa shape index (κ1) is 13.6. The molecule has 1 aromatic carbocycles. The van der Waals surface area contributed by atoms with Gasteiger partial charge in [0.2, 0.25) is 0 Å². The molecule has 1 saturated heterocycles. The Bertz CT molecular complexity index is 575. The van der Waals surface area contributed by atoms with E-state index >= 15 is 0 Å². The lowest BCUT2D eigenvalue weighted by Crippen LogP contribution is -2.33. The Labute approximate surface area is 129 Å². The van der Waals surface area contributed by atoms with Gasteiger partial charge in [0.25, 0.3) is 0 Å². The lowest BCUT2D eigenvalue weighted by molar-refractivity contribution is 0.412. The van der Waals surface area contributed by atoms with Crippen molar-refractivity contribution in [3.8, 4) is 0 Å². The Morgan fingerprint density at radius 2 is 2.10 bits per heavy atom. The Morgan fingerprint density at radius 1 is 1.30 bits per heavy atom. The van der Waals surface area contributed by atoms with Crippen molar-refractivity contribution in [1.29, 1.82) is 0 Å². The van der Waals surface area contributed by atoms with Gasteiger partial charge in [-0.05, 0) is 55.6 Å². The van der Waals surface area contributed by atoms with Gasteiger partial charge < -0.3 is 10.2 Å². The molecule has 0 radical (unpaired) electrons. The zero-order chi connectivity index (χ0) is 13.9. The lowest BCUT2D eigenvalue weighted by atomic mass is 10.2. The van der Waals surface area contributed by atoms with Crippen LogP contribution in [-0.2, 0) is 0 Å². The predicted molar refractivity (Wildman–Crippen MR) is 90.4 cm³/mol. The van der Waals surface area contributed by atoms with Crippen LogP contribution in [0.4, 0.5) is 5.69 Å². The van der Waals surface area contributed by atoms with E-state index in [1.807, 2.05) is 11.3 Å². The van der Waals surface area contributed by atoms with Crippen molar-refractivity contribution in [3.05, 3.63) is 52.2 Å². The van der Waals surface area contributed by atoms with Crippen molar-refractivity contribution in [2.75, 3.05) is 11.9 Å². The minimum atomic E-state index is 0.445. The van der Waals surface area contributed by atoms with E-state index < -0.39 is 0 Å². The highest BCUT2D eigenvalue weighted by Gasteiger charge is 2.28. The number of likely N-dealkylation sites (tertiary alicyclic amines) is 1. The number of nitrogens with one attached hydrogen (secondary N) is 1. The molecule has 0 saturated carbocycles. The standard InChI is InChI=1S/C16H18N2S2/c1-12-6-8-13(9-7-12)17-16(19)18-10-2-4-14(18)15-5-3-11-20-15/h3,5-9,11,14H,2,4,10H2,1H3,(H,17,19)/t14-/m1/s1. The summed E-state index contributed by atoms with van der Waals surface area (Å²) in [4.78, 5) is 3.73. The van der Waals surface area contributed by atoms with Crippen LogP contribution in [0.2, 0.25) is 0 Å². The molecule has 3 rings (SSSR count). The summed E-state index contributed by atoms with van der Waals surface area (Å²) in [6, 6.07) is 13.1. The zero-order valence-corrected chi connectivity index (χ0v) is 13.1. The van der Waals surface area contributed by atoms with Gasteiger partial charge in [-0.25, -0.2) is 0 Å². The van der Waals surface area contributed by atoms with Crippen LogP contribution in [-0.4, -0.2) is 16.6 Å². The summed E-state index contributed by atoms with van der Waals surface area (Å²) in [6.45, 7) is 3.13. The van der Waals surface area contributed by atoms with Gasteiger partial charge in [0, 0.05) is 17.1 Å². The van der Waals surface area contributed by atoms with E-state index in [1.54, 1.807) is 0 Å². The second kappa shape index (κ2) is 5.94. The fourth-order valence-corrected chi connectivity index (χ4v) is 3.83. The first-order valence-electron chi connectivity index (χ1n) is 6.92. The third kappa shape index (κ3) is 2.86. The second-order valence-corrected chi connectivity index (χ2v) is 6.53. The topological polar surface area (TPSA) is 15.3 Å². The van der Waals surface area contributed by atoms with Gasteiger partial charge >= 0.3 is 0 Å². The van der Waals surface area contributed by atoms with E-state index in [1.165, 1.54) is 23.3 Å². The van der Waals surface area contributed by atoms with Crippen molar-refractivity contribution in [2.24, 2.45) is 0 Å². The molecule has 1 N–H and O–H groups in total. The molecule has 0 amide bonds. The molecule has 1 aliphatic rings. The van der Waals surface area contributed by atoms with E-state index in [-0.39, 0.29) is 0 Å². The van der Waals surface area contributed by atoms with Crippen molar-refractivity contribution < 1.29 is 0 Å². The maximum atomic E-state index is 5.60. The molecular formula is C16H18N2S2. The minimum absolute atomic E-state index is 0.445. The third-order valence-corrected chi connectivity index (χ3v) is 5.00. The molecule has 1 fully saturated rings. The SMILES string of the molecule is Cc1ccc(NC(=S)N2CCC[C@@H]2c2cccs2)cc1. The van der Waals surface area contributed by atoms with Gasteiger partial charge in [-0.3, -0.25) is 0 Å². The van der Waals surface area contributed by atoms with Crippen molar-refractivity contribution in [3.63, 3.8) is 0 Å². The van der Waals surface area contributed by atoms with Crippen molar-refractivity contribution >= 4 is 34.4 Å². The number of thiocarbonyl (C=S) groups is 1. The van der Waals surface area contributed by atoms with Crippen LogP contribution in [0, 0.1) is 6.92 Å². The molecule has 0 bridgehead atoms. The maximum absolute atomic E-state index is 5.60. The van der Waals surface area contributed by atoms with E-state index in [4.69, 9.17) is 12.2 Å². The minimum Gasteiger partial charge on any atom is -0.341 e. The Kier molecular flexibility index (Phi) is 4.03. The molecule has 20 heavy (non-hydrogen) atoms. The summed E-state index contributed by atoms with van der Waals surface area (Å²) in [6.07, 6.45) is 2.40. The summed E-state index contributed by atoms with van der Waals surface area (Å²) in [7, 11) is 0. The number of anilines is 1. The van der Waals surface area contributed by atoms with Gasteiger partial charge in [-0.15, -0.1) is 11.3 Å². The van der Waals surface area contributed by atoms with Gasteiger partial charge in [0.05, 0.1) is 6.04 Å². The molecule has 1 atom stereocenters. The number of rotatable bonds is 2. The van der Waals surface area contributed by atoms with E-state index in [0.29, 0.717) is 6.04 Å². The van der Waals surface area contributed by atoms with Crippen LogP contribution < -0.4 is 5.32 Å². The highest BCUT2D eigenvalue weighted by molar-refractivity contribution is 7.80. The van der Waals surface area contributed by atoms with Gasteiger partial charge in [0.1, 0.15) is 0 Å². The molecule has 1 aliphatic heterocycles. The number of benzene rings is 1. The van der Waals surface area contributed by atoms with Crippen LogP contribution in [0.3, 0.4) is 0 Å². The van der Waals surface area contributed by atoms with Crippen LogP contribution in [0.5, 0.6) is 0 Å². The van der Waals surface area contributed by atoms with Gasteiger partial charge in [0.15, 0.2) is 5.11 Å². The van der Waals surface area contributed by atoms with Crippen molar-refractivity contribution in [1.82, 2.24) is 4.90 Å². The fraction of sp³-hybridized carbons (Fsp3) is 0.312. The molecule has 0 spiro atoms. The van der Waals surface area contributed by atoms with Gasteiger partial charge in [-0.2, -0.15) is 0 Å². The fourth-order valence-electron chi connectivity index (χ4n) is 2.62. The average molecular weight is 302 g/mol. The van der Waals surface area contributed by atoms with Crippen LogP contribution in [0.15, 0.2) is 41.8 Å². The Morgan fingerprint density at radius 3 is 2.80 bits per heavy atom. The molecule has 2 aromatic rings. The highest BCUT2D eigenvalue weighted by atomic mass is 32.1. The summed E-state index contributed by atoms with van der Waals surface area (Å²) in [5.41, 5.74) is 2.33. The second-order valence-electron chi connectivity index (χ2n) is 5.16. The molecule has 104 valence electrons. The first-order valence-corrected chi connectivity index (χ1v) is 8.20. The Balaban J connectivity index is 1.71. The molecule has 2 nitrogen and oxygen atoms in total. The molecule has 4 heteroatoms. The highest BCUT2D eigenvalue weighted by Crippen LogP contribution is 2.34. The molecule has 1 aromatic heterocycles. The summed E-state index contributed by atoms with van der Waals surface area (Å²) in [5, 5.41) is 6.34. The molecule has 0 unspecified atom stereocenters. The number of nitrogens with zero attached hydrogens (tertiary/aromatic N) is 1. The summed E-state index contributed by atoms with van der Waals surface area (Å²) < 4.78 is 0. The quantitative estimate of drug-likeness (QED) is 0.817. The molecule has 2 heterocycles. The summed E-state index contributed by atoms with van der Waals surface area (Å²) in [5.74, 6) is 0. The normalized spacial score (nSPS) is 18.2. The van der Waals surface area contributed by atoms with E-state index in [0.717, 1.165) is 17.3 Å². The Hall–Kier alpha value is -1.39. The first-order chi connectivity index (χ1) is 9.74. The molecule has 0 aliphatic carbocycles. The largest absolute Gasteiger partial charge is 0.341 e. The van der Waals surface area contributed by atoms with E-state index in [9.17, 15) is 0 Å². The number of hydrogen-bond acceptors (Lipinski definition) is 2. The predicted octanol–water partition coefficient (Wildman–Crippen LogP) is 4.59. The lowest BCUT2D eigenvalue weighted by Gasteiger charge is -2.27. The molecular weight excluding hydrogens is 284 g/mol. The average Bonchev–Trinajstić information content (AvgIpc) is 3.11. The monoisotopic (exact) mass is 302 g/mol. The summed E-state index contributed by atoms with van der Waals surface area (Å²) >= 11 is 7.42. The van der Waals surface area contributed by atoms with Crippen LogP contribution in [0.1, 0.15) is 29.3 Å². The smallest absolute Gasteiger partial charge is 0.173 e. The third-order valence-electron chi connectivity index (χ3n) is 3.69. The zero-order valence-electron chi connectivity index (χ0n) is 11.5. The number of thiophene rings is 1. The number of aryl methyl sites for hydroxylation is 1. The maximum Gasteiger partial charge on any atom is 0.173 e. The van der Waals surface area contributed by atoms with E-state index in [2.05, 4.69) is 58.9 Å². The van der Waals surface area contributed by atoms with Crippen LogP contribution >= 0.6 is 23.6 Å². The van der Waals surface area contributed by atoms with Crippen molar-refractivity contribution in [2.45, 2.75) is 25.8 Å². The van der Waals surface area contributed by atoms with Gasteiger partial charge in [-0.1, -0.05) is 23.8 Å².